The zero-order valence-electron chi connectivity index (χ0n) is 12.5. The number of benzene rings is 2. The van der Waals surface area contributed by atoms with Crippen LogP contribution in [0.15, 0.2) is 42.5 Å². The Balaban J connectivity index is 1.71. The monoisotopic (exact) mass is 296 g/mol. The van der Waals surface area contributed by atoms with Crippen LogP contribution in [0, 0.1) is 0 Å². The van der Waals surface area contributed by atoms with Crippen LogP contribution in [0.25, 0.3) is 11.1 Å². The molecule has 2 aromatic rings. The van der Waals surface area contributed by atoms with Gasteiger partial charge in [-0.2, -0.15) is 0 Å². The Kier molecular flexibility index (Phi) is 3.39. The molecule has 22 heavy (non-hydrogen) atoms. The molecule has 0 bridgehead atoms. The summed E-state index contributed by atoms with van der Waals surface area (Å²) >= 11 is 0. The number of piperazine rings is 1. The van der Waals surface area contributed by atoms with Gasteiger partial charge < -0.3 is 20.1 Å². The van der Waals surface area contributed by atoms with Crippen molar-refractivity contribution >= 4 is 5.69 Å². The molecule has 2 aliphatic rings. The van der Waals surface area contributed by atoms with E-state index < -0.39 is 0 Å². The molecule has 4 rings (SSSR count). The third-order valence-corrected chi connectivity index (χ3v) is 4.53. The zero-order valence-corrected chi connectivity index (χ0v) is 12.5. The van der Waals surface area contributed by atoms with E-state index in [0.29, 0.717) is 11.8 Å². The van der Waals surface area contributed by atoms with Gasteiger partial charge in [0.1, 0.15) is 11.5 Å². The average molecular weight is 296 g/mol. The van der Waals surface area contributed by atoms with Crippen LogP contribution in [0.5, 0.6) is 11.5 Å². The second kappa shape index (κ2) is 5.54. The van der Waals surface area contributed by atoms with Crippen LogP contribution < -0.4 is 15.0 Å². The molecule has 114 valence electrons. The van der Waals surface area contributed by atoms with Crippen molar-refractivity contribution in [1.82, 2.24) is 5.32 Å². The highest BCUT2D eigenvalue weighted by Gasteiger charge is 2.27. The number of fused-ring (bicyclic) bond motifs is 3. The zero-order chi connectivity index (χ0) is 14.9. The molecule has 0 unspecified atom stereocenters. The summed E-state index contributed by atoms with van der Waals surface area (Å²) in [5.41, 5.74) is 3.41. The Morgan fingerprint density at radius 3 is 2.77 bits per heavy atom. The summed E-state index contributed by atoms with van der Waals surface area (Å²) in [6.45, 7) is 3.84. The average Bonchev–Trinajstić information content (AvgIpc) is 2.74. The number of anilines is 1. The summed E-state index contributed by atoms with van der Waals surface area (Å²) < 4.78 is 6.01. The summed E-state index contributed by atoms with van der Waals surface area (Å²) in [6, 6.07) is 14.2. The number of aromatic hydroxyl groups is 1. The van der Waals surface area contributed by atoms with Crippen molar-refractivity contribution in [1.29, 1.82) is 0 Å². The Labute approximate surface area is 130 Å². The molecule has 1 atom stereocenters. The van der Waals surface area contributed by atoms with Crippen LogP contribution in [0.2, 0.25) is 0 Å². The Bertz CT molecular complexity index is 669. The Morgan fingerprint density at radius 1 is 1.09 bits per heavy atom. The number of hydrogen-bond acceptors (Lipinski definition) is 4. The molecule has 0 aromatic heterocycles. The molecule has 1 saturated heterocycles. The van der Waals surface area contributed by atoms with Crippen molar-refractivity contribution < 1.29 is 9.84 Å². The van der Waals surface area contributed by atoms with Crippen molar-refractivity contribution in [2.75, 3.05) is 31.1 Å². The van der Waals surface area contributed by atoms with Crippen LogP contribution in [-0.2, 0) is 0 Å². The van der Waals surface area contributed by atoms with Gasteiger partial charge in [-0.05, 0) is 35.4 Å². The SMILES string of the molecule is Oc1ccc(-c2ccc3c(c2)OCC[C@H]2CNCCN32)cc1. The minimum atomic E-state index is 0.290. The van der Waals surface area contributed by atoms with E-state index in [0.717, 1.165) is 49.5 Å². The summed E-state index contributed by atoms with van der Waals surface area (Å²) in [5, 5.41) is 12.9. The molecule has 0 radical (unpaired) electrons. The molecule has 0 saturated carbocycles. The van der Waals surface area contributed by atoms with Gasteiger partial charge in [0, 0.05) is 32.1 Å². The Hall–Kier alpha value is -2.20. The summed E-state index contributed by atoms with van der Waals surface area (Å²) in [4.78, 5) is 2.47. The van der Waals surface area contributed by atoms with Crippen molar-refractivity contribution in [3.63, 3.8) is 0 Å². The van der Waals surface area contributed by atoms with Crippen molar-refractivity contribution in [2.24, 2.45) is 0 Å². The number of ether oxygens (including phenoxy) is 1. The highest BCUT2D eigenvalue weighted by Crippen LogP contribution is 2.37. The van der Waals surface area contributed by atoms with Gasteiger partial charge in [0.15, 0.2) is 0 Å². The van der Waals surface area contributed by atoms with Gasteiger partial charge in [-0.25, -0.2) is 0 Å². The van der Waals surface area contributed by atoms with Gasteiger partial charge in [0.25, 0.3) is 0 Å². The van der Waals surface area contributed by atoms with Crippen molar-refractivity contribution in [3.8, 4) is 22.6 Å². The van der Waals surface area contributed by atoms with E-state index in [1.165, 1.54) is 5.69 Å². The molecule has 4 nitrogen and oxygen atoms in total. The first-order valence-corrected chi connectivity index (χ1v) is 7.85. The highest BCUT2D eigenvalue weighted by molar-refractivity contribution is 5.72. The third-order valence-electron chi connectivity index (χ3n) is 4.53. The van der Waals surface area contributed by atoms with E-state index in [4.69, 9.17) is 4.74 Å². The number of phenolic OH excluding ortho intramolecular Hbond substituents is 1. The topological polar surface area (TPSA) is 44.7 Å². The maximum atomic E-state index is 9.42. The molecule has 2 aliphatic heterocycles. The van der Waals surface area contributed by atoms with E-state index >= 15 is 0 Å². The molecular formula is C18H20N2O2. The van der Waals surface area contributed by atoms with E-state index in [1.807, 2.05) is 12.1 Å². The second-order valence-electron chi connectivity index (χ2n) is 5.92. The fourth-order valence-corrected chi connectivity index (χ4v) is 3.34. The van der Waals surface area contributed by atoms with Crippen molar-refractivity contribution in [3.05, 3.63) is 42.5 Å². The second-order valence-corrected chi connectivity index (χ2v) is 5.92. The lowest BCUT2D eigenvalue weighted by molar-refractivity contribution is 0.304. The maximum Gasteiger partial charge on any atom is 0.143 e. The largest absolute Gasteiger partial charge is 0.508 e. The number of nitrogens with one attached hydrogen (secondary N) is 1. The first-order valence-electron chi connectivity index (χ1n) is 7.85. The minimum absolute atomic E-state index is 0.290. The predicted octanol–water partition coefficient (Wildman–Crippen LogP) is 2.62. The fraction of sp³-hybridized carbons (Fsp3) is 0.333. The van der Waals surface area contributed by atoms with E-state index in [1.54, 1.807) is 12.1 Å². The molecule has 0 aliphatic carbocycles. The first kappa shape index (κ1) is 13.5. The normalized spacial score (nSPS) is 20.5. The van der Waals surface area contributed by atoms with Gasteiger partial charge >= 0.3 is 0 Å². The van der Waals surface area contributed by atoms with Crippen LogP contribution in [0.3, 0.4) is 0 Å². The van der Waals surface area contributed by atoms with Crippen LogP contribution in [-0.4, -0.2) is 37.4 Å². The van der Waals surface area contributed by atoms with Gasteiger partial charge in [-0.1, -0.05) is 18.2 Å². The lowest BCUT2D eigenvalue weighted by Gasteiger charge is -2.36. The molecule has 0 amide bonds. The number of hydrogen-bond donors (Lipinski definition) is 2. The number of rotatable bonds is 1. The van der Waals surface area contributed by atoms with Crippen LogP contribution in [0.1, 0.15) is 6.42 Å². The molecular weight excluding hydrogens is 276 g/mol. The molecule has 4 heteroatoms. The van der Waals surface area contributed by atoms with E-state index in [-0.39, 0.29) is 0 Å². The van der Waals surface area contributed by atoms with Gasteiger partial charge in [-0.3, -0.25) is 0 Å². The van der Waals surface area contributed by atoms with Crippen LogP contribution >= 0.6 is 0 Å². The summed E-state index contributed by atoms with van der Waals surface area (Å²) in [5.74, 6) is 1.26. The van der Waals surface area contributed by atoms with E-state index in [2.05, 4.69) is 28.4 Å². The first-order chi connectivity index (χ1) is 10.8. The Morgan fingerprint density at radius 2 is 1.91 bits per heavy atom. The minimum Gasteiger partial charge on any atom is -0.508 e. The number of phenols is 1. The van der Waals surface area contributed by atoms with E-state index in [9.17, 15) is 5.11 Å². The molecule has 2 N–H and O–H groups in total. The lowest BCUT2D eigenvalue weighted by Crippen LogP contribution is -2.51. The van der Waals surface area contributed by atoms with Crippen LogP contribution in [0.4, 0.5) is 5.69 Å². The predicted molar refractivity (Wildman–Crippen MR) is 87.7 cm³/mol. The molecule has 2 aromatic carbocycles. The fourth-order valence-electron chi connectivity index (χ4n) is 3.34. The molecule has 1 fully saturated rings. The van der Waals surface area contributed by atoms with Gasteiger partial charge in [-0.15, -0.1) is 0 Å². The summed E-state index contributed by atoms with van der Waals surface area (Å²) in [6.07, 6.45) is 1.05. The highest BCUT2D eigenvalue weighted by atomic mass is 16.5. The molecule has 0 spiro atoms. The summed E-state index contributed by atoms with van der Waals surface area (Å²) in [7, 11) is 0. The maximum absolute atomic E-state index is 9.42. The van der Waals surface area contributed by atoms with Crippen molar-refractivity contribution in [2.45, 2.75) is 12.5 Å². The standard InChI is InChI=1S/C18H20N2O2/c21-16-4-1-13(2-5-16)14-3-6-17-18(11-14)22-10-7-15-12-19-8-9-20(15)17/h1-6,11,15,19,21H,7-10,12H2/t15-/m0/s1. The lowest BCUT2D eigenvalue weighted by atomic mass is 10.0. The molecule has 2 heterocycles. The number of nitrogens with zero attached hydrogens (tertiary/aromatic N) is 1. The third kappa shape index (κ3) is 2.40. The van der Waals surface area contributed by atoms with Gasteiger partial charge in [0.2, 0.25) is 0 Å². The van der Waals surface area contributed by atoms with Gasteiger partial charge in [0.05, 0.1) is 12.3 Å². The quantitative estimate of drug-likeness (QED) is 0.849. The smallest absolute Gasteiger partial charge is 0.143 e.